The lowest BCUT2D eigenvalue weighted by atomic mass is 9.97. The molecule has 0 bridgehead atoms. The third-order valence-electron chi connectivity index (χ3n) is 5.84. The van der Waals surface area contributed by atoms with Crippen molar-refractivity contribution in [1.82, 2.24) is 14.7 Å². The number of carbonyl (C=O) groups excluding carboxylic acids is 2. The van der Waals surface area contributed by atoms with Crippen molar-refractivity contribution in [2.75, 3.05) is 33.8 Å². The normalized spacial score (nSPS) is 24.8. The molecule has 2 heterocycles. The molecule has 1 aromatic carbocycles. The molecular weight excluding hydrogens is 354 g/mol. The van der Waals surface area contributed by atoms with Crippen molar-refractivity contribution >= 4 is 11.8 Å². The Labute approximate surface area is 168 Å². The van der Waals surface area contributed by atoms with E-state index in [9.17, 15) is 9.59 Å². The first-order valence-corrected chi connectivity index (χ1v) is 10.2. The Kier molecular flexibility index (Phi) is 6.28. The topological polar surface area (TPSA) is 53.1 Å². The maximum absolute atomic E-state index is 13.2. The molecule has 28 heavy (non-hydrogen) atoms. The Morgan fingerprint density at radius 2 is 2.04 bits per heavy atom. The van der Waals surface area contributed by atoms with Gasteiger partial charge in [-0.1, -0.05) is 26.0 Å². The predicted octanol–water partition coefficient (Wildman–Crippen LogP) is 2.16. The van der Waals surface area contributed by atoms with Gasteiger partial charge in [-0.25, -0.2) is 0 Å². The Bertz CT molecular complexity index is 719. The highest BCUT2D eigenvalue weighted by Gasteiger charge is 2.47. The van der Waals surface area contributed by atoms with Gasteiger partial charge < -0.3 is 19.4 Å². The van der Waals surface area contributed by atoms with E-state index in [2.05, 4.69) is 32.8 Å². The fraction of sp³-hybridized carbons (Fsp3) is 0.636. The summed E-state index contributed by atoms with van der Waals surface area (Å²) in [6, 6.07) is 7.75. The zero-order valence-corrected chi connectivity index (χ0v) is 17.7. The number of rotatable bonds is 6. The van der Waals surface area contributed by atoms with Crippen LogP contribution >= 0.6 is 0 Å². The predicted molar refractivity (Wildman–Crippen MR) is 109 cm³/mol. The summed E-state index contributed by atoms with van der Waals surface area (Å²) < 4.78 is 5.74. The van der Waals surface area contributed by atoms with Crippen LogP contribution < -0.4 is 4.74 Å². The molecular formula is C22H33N3O3. The summed E-state index contributed by atoms with van der Waals surface area (Å²) in [6.07, 6.45) is 1.60. The molecule has 6 heteroatoms. The molecule has 154 valence electrons. The van der Waals surface area contributed by atoms with E-state index in [4.69, 9.17) is 4.74 Å². The van der Waals surface area contributed by atoms with E-state index in [1.807, 2.05) is 36.1 Å². The summed E-state index contributed by atoms with van der Waals surface area (Å²) in [5, 5.41) is 0. The van der Waals surface area contributed by atoms with Crippen LogP contribution in [0.1, 0.15) is 32.3 Å². The SMILES string of the molecule is Cc1cccc(OCC(=O)N2C[C@@H]3C[C@H](N(C)C)CN3C(=O)[C@@H]2CC(C)C)c1. The highest BCUT2D eigenvalue weighted by atomic mass is 16.5. The standard InChI is InChI=1S/C22H33N3O3/c1-15(2)9-20-22(27)24-12-17(23(4)5)11-18(24)13-25(20)21(26)14-28-19-8-6-7-16(3)10-19/h6-8,10,15,17-18,20H,9,11-14H2,1-5H3/t17-,18-,20-/m0/s1. The third-order valence-corrected chi connectivity index (χ3v) is 5.84. The largest absolute Gasteiger partial charge is 0.484 e. The molecule has 2 saturated heterocycles. The number of carbonyl (C=O) groups is 2. The number of fused-ring (bicyclic) bond motifs is 1. The van der Waals surface area contributed by atoms with Crippen molar-refractivity contribution in [3.05, 3.63) is 29.8 Å². The second kappa shape index (κ2) is 8.52. The Morgan fingerprint density at radius 1 is 1.29 bits per heavy atom. The Hall–Kier alpha value is -2.08. The number of nitrogens with zero attached hydrogens (tertiary/aromatic N) is 3. The minimum atomic E-state index is -0.384. The van der Waals surface area contributed by atoms with E-state index >= 15 is 0 Å². The van der Waals surface area contributed by atoms with Gasteiger partial charge in [-0.05, 0) is 57.5 Å². The molecule has 2 fully saturated rings. The molecule has 0 aliphatic carbocycles. The fourth-order valence-electron chi connectivity index (χ4n) is 4.27. The number of ether oxygens (including phenoxy) is 1. The van der Waals surface area contributed by atoms with Crippen LogP contribution in [-0.2, 0) is 9.59 Å². The van der Waals surface area contributed by atoms with Gasteiger partial charge >= 0.3 is 0 Å². The zero-order valence-electron chi connectivity index (χ0n) is 17.7. The van der Waals surface area contributed by atoms with Gasteiger partial charge in [0, 0.05) is 19.1 Å². The number of aryl methyl sites for hydroxylation is 1. The first kappa shape index (κ1) is 20.6. The van der Waals surface area contributed by atoms with Gasteiger partial charge in [-0.2, -0.15) is 0 Å². The molecule has 0 saturated carbocycles. The summed E-state index contributed by atoms with van der Waals surface area (Å²) in [6.45, 7) is 7.51. The van der Waals surface area contributed by atoms with Crippen LogP contribution in [0.5, 0.6) is 5.75 Å². The van der Waals surface area contributed by atoms with Gasteiger partial charge in [-0.3, -0.25) is 9.59 Å². The lowest BCUT2D eigenvalue weighted by molar-refractivity contribution is -0.155. The Morgan fingerprint density at radius 3 is 2.68 bits per heavy atom. The van der Waals surface area contributed by atoms with Crippen LogP contribution in [0, 0.1) is 12.8 Å². The highest BCUT2D eigenvalue weighted by Crippen LogP contribution is 2.30. The fourth-order valence-corrected chi connectivity index (χ4v) is 4.27. The van der Waals surface area contributed by atoms with Gasteiger partial charge in [-0.15, -0.1) is 0 Å². The lowest BCUT2D eigenvalue weighted by Crippen LogP contribution is -2.62. The number of hydrogen-bond donors (Lipinski definition) is 0. The smallest absolute Gasteiger partial charge is 0.261 e. The molecule has 3 atom stereocenters. The summed E-state index contributed by atoms with van der Waals surface area (Å²) >= 11 is 0. The van der Waals surface area contributed by atoms with Crippen molar-refractivity contribution in [1.29, 1.82) is 0 Å². The highest BCUT2D eigenvalue weighted by molar-refractivity contribution is 5.90. The summed E-state index contributed by atoms with van der Waals surface area (Å²) in [7, 11) is 4.11. The average Bonchev–Trinajstić information content (AvgIpc) is 3.06. The quantitative estimate of drug-likeness (QED) is 0.751. The molecule has 2 amide bonds. The van der Waals surface area contributed by atoms with Gasteiger partial charge in [0.1, 0.15) is 11.8 Å². The first-order valence-electron chi connectivity index (χ1n) is 10.2. The number of piperazine rings is 1. The van der Waals surface area contributed by atoms with E-state index in [1.54, 1.807) is 4.90 Å². The van der Waals surface area contributed by atoms with Crippen LogP contribution in [0.15, 0.2) is 24.3 Å². The number of benzene rings is 1. The summed E-state index contributed by atoms with van der Waals surface area (Å²) in [5.41, 5.74) is 1.09. The van der Waals surface area contributed by atoms with Crippen molar-refractivity contribution in [3.63, 3.8) is 0 Å². The zero-order chi connectivity index (χ0) is 20.4. The summed E-state index contributed by atoms with van der Waals surface area (Å²) in [4.78, 5) is 32.2. The molecule has 3 rings (SSSR count). The third kappa shape index (κ3) is 4.49. The van der Waals surface area contributed by atoms with Crippen molar-refractivity contribution in [2.24, 2.45) is 5.92 Å². The van der Waals surface area contributed by atoms with Gasteiger partial charge in [0.2, 0.25) is 5.91 Å². The molecule has 0 unspecified atom stereocenters. The molecule has 2 aliphatic heterocycles. The second-order valence-corrected chi connectivity index (χ2v) is 8.79. The van der Waals surface area contributed by atoms with Crippen LogP contribution in [-0.4, -0.2) is 78.4 Å². The van der Waals surface area contributed by atoms with Crippen molar-refractivity contribution < 1.29 is 14.3 Å². The number of likely N-dealkylation sites (N-methyl/N-ethyl adjacent to an activating group) is 1. The average molecular weight is 388 g/mol. The van der Waals surface area contributed by atoms with Crippen LogP contribution in [0.2, 0.25) is 0 Å². The maximum atomic E-state index is 13.2. The number of hydrogen-bond acceptors (Lipinski definition) is 4. The minimum absolute atomic E-state index is 0.0326. The van der Waals surface area contributed by atoms with Crippen LogP contribution in [0.3, 0.4) is 0 Å². The molecule has 0 aromatic heterocycles. The van der Waals surface area contributed by atoms with Crippen molar-refractivity contribution in [3.8, 4) is 5.75 Å². The van der Waals surface area contributed by atoms with Gasteiger partial charge in [0.15, 0.2) is 6.61 Å². The van der Waals surface area contributed by atoms with Gasteiger partial charge in [0.05, 0.1) is 6.04 Å². The molecule has 0 radical (unpaired) electrons. The van der Waals surface area contributed by atoms with E-state index < -0.39 is 0 Å². The molecule has 0 N–H and O–H groups in total. The Balaban J connectivity index is 1.73. The molecule has 0 spiro atoms. The van der Waals surface area contributed by atoms with E-state index in [0.717, 1.165) is 18.5 Å². The maximum Gasteiger partial charge on any atom is 0.261 e. The van der Waals surface area contributed by atoms with E-state index in [-0.39, 0.29) is 30.5 Å². The monoisotopic (exact) mass is 387 g/mol. The lowest BCUT2D eigenvalue weighted by Gasteiger charge is -2.43. The second-order valence-electron chi connectivity index (χ2n) is 8.79. The molecule has 2 aliphatic rings. The molecule has 1 aromatic rings. The first-order chi connectivity index (χ1) is 13.3. The van der Waals surface area contributed by atoms with E-state index in [0.29, 0.717) is 30.7 Å². The van der Waals surface area contributed by atoms with Gasteiger partial charge in [0.25, 0.3) is 5.91 Å². The minimum Gasteiger partial charge on any atom is -0.484 e. The number of amides is 2. The van der Waals surface area contributed by atoms with Crippen LogP contribution in [0.25, 0.3) is 0 Å². The molecule has 6 nitrogen and oxygen atoms in total. The van der Waals surface area contributed by atoms with Crippen molar-refractivity contribution in [2.45, 2.75) is 51.7 Å². The van der Waals surface area contributed by atoms with Crippen LogP contribution in [0.4, 0.5) is 0 Å². The summed E-state index contributed by atoms with van der Waals surface area (Å²) in [5.74, 6) is 1.02. The van der Waals surface area contributed by atoms with E-state index in [1.165, 1.54) is 0 Å².